The van der Waals surface area contributed by atoms with Crippen LogP contribution in [0.4, 0.5) is 4.39 Å². The van der Waals surface area contributed by atoms with E-state index in [2.05, 4.69) is 0 Å². The van der Waals surface area contributed by atoms with Crippen molar-refractivity contribution in [2.75, 3.05) is 0 Å². The lowest BCUT2D eigenvalue weighted by Crippen LogP contribution is -1.99. The normalized spacial score (nSPS) is 9.88. The molecule has 1 radical (unpaired) electrons. The fourth-order valence-electron chi connectivity index (χ4n) is 1.45. The van der Waals surface area contributed by atoms with Crippen LogP contribution in [-0.2, 0) is 0 Å². The molecule has 2 aromatic carbocycles. The van der Waals surface area contributed by atoms with Gasteiger partial charge in [-0.25, -0.2) is 4.39 Å². The fourth-order valence-corrected chi connectivity index (χ4v) is 1.45. The van der Waals surface area contributed by atoms with Crippen LogP contribution in [0.15, 0.2) is 48.5 Å². The maximum absolute atomic E-state index is 12.7. The van der Waals surface area contributed by atoms with Crippen molar-refractivity contribution in [2.24, 2.45) is 0 Å². The van der Waals surface area contributed by atoms with Crippen LogP contribution in [0.3, 0.4) is 0 Å². The van der Waals surface area contributed by atoms with Crippen molar-refractivity contribution in [3.8, 4) is 16.9 Å². The maximum Gasteiger partial charge on any atom is 0.569 e. The van der Waals surface area contributed by atoms with Crippen LogP contribution in [0.1, 0.15) is 0 Å². The number of hydrogen-bond donors (Lipinski definition) is 1. The Hall–Kier alpha value is -1.81. The van der Waals surface area contributed by atoms with E-state index in [-0.39, 0.29) is 5.82 Å². The lowest BCUT2D eigenvalue weighted by atomic mass is 10.1. The minimum absolute atomic E-state index is 0.264. The molecule has 0 aliphatic carbocycles. The molecule has 0 bridgehead atoms. The molecule has 2 rings (SSSR count). The Labute approximate surface area is 93.6 Å². The molecule has 0 atom stereocenters. The third-order valence-corrected chi connectivity index (χ3v) is 2.20. The summed E-state index contributed by atoms with van der Waals surface area (Å²) in [4.78, 5) is 0. The molecule has 2 aromatic rings. The van der Waals surface area contributed by atoms with E-state index in [1.807, 2.05) is 6.07 Å². The molecule has 0 saturated carbocycles. The van der Waals surface area contributed by atoms with Gasteiger partial charge in [0.2, 0.25) is 0 Å². The van der Waals surface area contributed by atoms with Crippen molar-refractivity contribution in [3.05, 3.63) is 54.3 Å². The highest BCUT2D eigenvalue weighted by atomic mass is 19.1. The van der Waals surface area contributed by atoms with Crippen LogP contribution in [-0.4, -0.2) is 12.7 Å². The van der Waals surface area contributed by atoms with Gasteiger partial charge in [0.25, 0.3) is 0 Å². The van der Waals surface area contributed by atoms with E-state index in [1.165, 1.54) is 12.1 Å². The summed E-state index contributed by atoms with van der Waals surface area (Å²) in [6.45, 7) is 0. The van der Waals surface area contributed by atoms with Crippen molar-refractivity contribution in [1.82, 2.24) is 0 Å². The van der Waals surface area contributed by atoms with Crippen molar-refractivity contribution >= 4 is 7.69 Å². The van der Waals surface area contributed by atoms with Gasteiger partial charge in [-0.1, -0.05) is 24.3 Å². The monoisotopic (exact) mass is 215 g/mol. The Morgan fingerprint density at radius 1 is 1.00 bits per heavy atom. The smallest absolute Gasteiger partial charge is 0.537 e. The minimum Gasteiger partial charge on any atom is -0.537 e. The predicted octanol–water partition coefficient (Wildman–Crippen LogP) is 2.40. The van der Waals surface area contributed by atoms with Crippen molar-refractivity contribution in [1.29, 1.82) is 0 Å². The molecule has 0 spiro atoms. The first-order valence-corrected chi connectivity index (χ1v) is 4.78. The van der Waals surface area contributed by atoms with Gasteiger partial charge in [0.15, 0.2) is 0 Å². The molecular formula is C12H9BFO2. The summed E-state index contributed by atoms with van der Waals surface area (Å²) in [7, 11) is 0.629. The number of halogens is 1. The second-order valence-electron chi connectivity index (χ2n) is 3.26. The standard InChI is InChI=1S/C12H9BFO2/c14-11-6-4-9(5-7-11)10-2-1-3-12(8-10)16-13-15/h1-8,15H. The molecular weight excluding hydrogens is 206 g/mol. The summed E-state index contributed by atoms with van der Waals surface area (Å²) >= 11 is 0. The molecule has 16 heavy (non-hydrogen) atoms. The van der Waals surface area contributed by atoms with E-state index in [0.29, 0.717) is 13.4 Å². The Bertz CT molecular complexity index is 471. The van der Waals surface area contributed by atoms with Gasteiger partial charge < -0.3 is 9.68 Å². The molecule has 4 heteroatoms. The van der Waals surface area contributed by atoms with Crippen LogP contribution in [0.5, 0.6) is 5.75 Å². The number of rotatable bonds is 3. The molecule has 79 valence electrons. The highest BCUT2D eigenvalue weighted by Crippen LogP contribution is 2.23. The Balaban J connectivity index is 2.32. The van der Waals surface area contributed by atoms with E-state index in [4.69, 9.17) is 9.68 Å². The molecule has 0 saturated heterocycles. The van der Waals surface area contributed by atoms with Gasteiger partial charge in [0.05, 0.1) is 0 Å². The molecule has 0 fully saturated rings. The first-order chi connectivity index (χ1) is 7.79. The lowest BCUT2D eigenvalue weighted by Gasteiger charge is -2.05. The minimum atomic E-state index is -0.264. The largest absolute Gasteiger partial charge is 0.569 e. The summed E-state index contributed by atoms with van der Waals surface area (Å²) in [5, 5.41) is 8.52. The second kappa shape index (κ2) is 4.81. The molecule has 0 aromatic heterocycles. The number of hydrogen-bond acceptors (Lipinski definition) is 2. The van der Waals surface area contributed by atoms with E-state index in [9.17, 15) is 4.39 Å². The lowest BCUT2D eigenvalue weighted by molar-refractivity contribution is 0.454. The Kier molecular flexibility index (Phi) is 3.22. The van der Waals surface area contributed by atoms with Crippen LogP contribution in [0.25, 0.3) is 11.1 Å². The average Bonchev–Trinajstić information content (AvgIpc) is 2.31. The van der Waals surface area contributed by atoms with Crippen LogP contribution >= 0.6 is 0 Å². The molecule has 0 unspecified atom stereocenters. The molecule has 0 aliphatic rings. The molecule has 0 heterocycles. The topological polar surface area (TPSA) is 29.5 Å². The Morgan fingerprint density at radius 2 is 1.75 bits per heavy atom. The quantitative estimate of drug-likeness (QED) is 0.796. The summed E-state index contributed by atoms with van der Waals surface area (Å²) in [5.41, 5.74) is 1.80. The summed E-state index contributed by atoms with van der Waals surface area (Å²) in [5.74, 6) is 0.268. The fraction of sp³-hybridized carbons (Fsp3) is 0. The Morgan fingerprint density at radius 3 is 2.44 bits per heavy atom. The van der Waals surface area contributed by atoms with Gasteiger partial charge in [-0.05, 0) is 35.4 Å². The van der Waals surface area contributed by atoms with Gasteiger partial charge in [-0.15, -0.1) is 0 Å². The van der Waals surface area contributed by atoms with Crippen molar-refractivity contribution in [3.63, 3.8) is 0 Å². The third kappa shape index (κ3) is 2.41. The molecule has 1 N–H and O–H groups in total. The van der Waals surface area contributed by atoms with Crippen LogP contribution in [0.2, 0.25) is 0 Å². The average molecular weight is 215 g/mol. The molecule has 0 amide bonds. The van der Waals surface area contributed by atoms with E-state index < -0.39 is 0 Å². The second-order valence-corrected chi connectivity index (χ2v) is 3.26. The summed E-state index contributed by atoms with van der Waals surface area (Å²) in [6, 6.07) is 13.4. The van der Waals surface area contributed by atoms with E-state index in [0.717, 1.165) is 11.1 Å². The number of benzene rings is 2. The third-order valence-electron chi connectivity index (χ3n) is 2.20. The van der Waals surface area contributed by atoms with Crippen LogP contribution in [0, 0.1) is 5.82 Å². The van der Waals surface area contributed by atoms with E-state index >= 15 is 0 Å². The van der Waals surface area contributed by atoms with Gasteiger partial charge in [0, 0.05) is 0 Å². The highest BCUT2D eigenvalue weighted by molar-refractivity contribution is 6.17. The molecule has 2 nitrogen and oxygen atoms in total. The predicted molar refractivity (Wildman–Crippen MR) is 60.4 cm³/mol. The first-order valence-electron chi connectivity index (χ1n) is 4.78. The maximum atomic E-state index is 12.7. The van der Waals surface area contributed by atoms with Crippen LogP contribution < -0.4 is 4.65 Å². The van der Waals surface area contributed by atoms with Crippen molar-refractivity contribution in [2.45, 2.75) is 0 Å². The van der Waals surface area contributed by atoms with Gasteiger partial charge in [0.1, 0.15) is 11.6 Å². The van der Waals surface area contributed by atoms with E-state index in [1.54, 1.807) is 30.3 Å². The summed E-state index contributed by atoms with van der Waals surface area (Å²) < 4.78 is 17.6. The first kappa shape index (κ1) is 10.7. The summed E-state index contributed by atoms with van der Waals surface area (Å²) in [6.07, 6.45) is 0. The van der Waals surface area contributed by atoms with Gasteiger partial charge >= 0.3 is 7.69 Å². The SMILES string of the molecule is O[B]Oc1cccc(-c2ccc(F)cc2)c1. The van der Waals surface area contributed by atoms with Gasteiger partial charge in [-0.2, -0.15) is 0 Å². The zero-order chi connectivity index (χ0) is 11.4. The zero-order valence-corrected chi connectivity index (χ0v) is 8.43. The van der Waals surface area contributed by atoms with Crippen molar-refractivity contribution < 1.29 is 14.1 Å². The van der Waals surface area contributed by atoms with Gasteiger partial charge in [-0.3, -0.25) is 0 Å². The molecule has 0 aliphatic heterocycles. The zero-order valence-electron chi connectivity index (χ0n) is 8.43. The highest BCUT2D eigenvalue weighted by Gasteiger charge is 2.00.